The number of amides is 1. The van der Waals surface area contributed by atoms with Gasteiger partial charge in [0.05, 0.1) is 0 Å². The van der Waals surface area contributed by atoms with Crippen molar-refractivity contribution < 1.29 is 4.79 Å². The lowest BCUT2D eigenvalue weighted by atomic mass is 9.95. The Morgan fingerprint density at radius 2 is 2.00 bits per heavy atom. The van der Waals surface area contributed by atoms with Gasteiger partial charge >= 0.3 is 0 Å². The summed E-state index contributed by atoms with van der Waals surface area (Å²) in [4.78, 5) is 12.1. The maximum absolute atomic E-state index is 12.1. The molecule has 0 radical (unpaired) electrons. The minimum absolute atomic E-state index is 0.277. The van der Waals surface area contributed by atoms with E-state index in [0.29, 0.717) is 23.9 Å². The predicted molar refractivity (Wildman–Crippen MR) is 65.1 cm³/mol. The van der Waals surface area contributed by atoms with Crippen molar-refractivity contribution in [1.82, 2.24) is 10.6 Å². The third-order valence-corrected chi connectivity index (χ3v) is 4.21. The molecule has 1 saturated carbocycles. The lowest BCUT2D eigenvalue weighted by molar-refractivity contribution is -0.126. The molecule has 16 heavy (non-hydrogen) atoms. The zero-order chi connectivity index (χ0) is 11.5. The molecule has 1 heterocycles. The van der Waals surface area contributed by atoms with E-state index in [2.05, 4.69) is 24.5 Å². The fourth-order valence-electron chi connectivity index (χ4n) is 2.97. The molecule has 1 aliphatic heterocycles. The molecule has 92 valence electrons. The smallest absolute Gasteiger partial charge is 0.223 e. The van der Waals surface area contributed by atoms with Crippen LogP contribution in [0, 0.1) is 11.8 Å². The van der Waals surface area contributed by atoms with Gasteiger partial charge in [-0.05, 0) is 38.5 Å². The van der Waals surface area contributed by atoms with Crippen molar-refractivity contribution in [2.45, 2.75) is 58.0 Å². The molecule has 4 atom stereocenters. The van der Waals surface area contributed by atoms with Gasteiger partial charge in [-0.15, -0.1) is 0 Å². The van der Waals surface area contributed by atoms with Crippen LogP contribution >= 0.6 is 0 Å². The van der Waals surface area contributed by atoms with E-state index in [4.69, 9.17) is 0 Å². The van der Waals surface area contributed by atoms with Crippen LogP contribution in [-0.4, -0.2) is 24.5 Å². The maximum Gasteiger partial charge on any atom is 0.223 e. The highest BCUT2D eigenvalue weighted by Crippen LogP contribution is 2.31. The van der Waals surface area contributed by atoms with E-state index in [1.807, 2.05) is 0 Å². The van der Waals surface area contributed by atoms with E-state index >= 15 is 0 Å². The molecule has 3 heteroatoms. The Balaban J connectivity index is 1.78. The maximum atomic E-state index is 12.1. The first-order chi connectivity index (χ1) is 7.66. The fraction of sp³-hybridized carbons (Fsp3) is 0.923. The zero-order valence-corrected chi connectivity index (χ0v) is 10.5. The number of nitrogens with one attached hydrogen (secondary N) is 2. The number of rotatable bonds is 2. The lowest BCUT2D eigenvalue weighted by Crippen LogP contribution is -2.50. The van der Waals surface area contributed by atoms with Crippen molar-refractivity contribution in [1.29, 1.82) is 0 Å². The first kappa shape index (κ1) is 11.9. The van der Waals surface area contributed by atoms with Crippen LogP contribution in [0.2, 0.25) is 0 Å². The van der Waals surface area contributed by atoms with Gasteiger partial charge in [0.2, 0.25) is 5.91 Å². The van der Waals surface area contributed by atoms with E-state index < -0.39 is 0 Å². The molecule has 0 bridgehead atoms. The van der Waals surface area contributed by atoms with Gasteiger partial charge in [0.25, 0.3) is 0 Å². The van der Waals surface area contributed by atoms with Crippen molar-refractivity contribution in [3.63, 3.8) is 0 Å². The Labute approximate surface area is 98.4 Å². The molecule has 2 fully saturated rings. The number of hydrogen-bond donors (Lipinski definition) is 2. The van der Waals surface area contributed by atoms with Gasteiger partial charge in [0.15, 0.2) is 0 Å². The molecule has 1 aliphatic carbocycles. The summed E-state index contributed by atoms with van der Waals surface area (Å²) in [7, 11) is 0. The van der Waals surface area contributed by atoms with Gasteiger partial charge in [-0.25, -0.2) is 0 Å². The average Bonchev–Trinajstić information content (AvgIpc) is 2.68. The molecule has 4 unspecified atom stereocenters. The van der Waals surface area contributed by atoms with E-state index in [1.165, 1.54) is 19.3 Å². The van der Waals surface area contributed by atoms with Gasteiger partial charge in [-0.1, -0.05) is 13.3 Å². The van der Waals surface area contributed by atoms with Gasteiger partial charge in [0.1, 0.15) is 0 Å². The highest BCUT2D eigenvalue weighted by atomic mass is 16.2. The molecule has 2 N–H and O–H groups in total. The van der Waals surface area contributed by atoms with Crippen molar-refractivity contribution in [2.75, 3.05) is 6.54 Å². The second-order valence-electron chi connectivity index (χ2n) is 5.61. The zero-order valence-electron chi connectivity index (χ0n) is 10.5. The van der Waals surface area contributed by atoms with Crippen molar-refractivity contribution >= 4 is 5.91 Å². The predicted octanol–water partition coefficient (Wildman–Crippen LogP) is 1.68. The number of hydrogen-bond acceptors (Lipinski definition) is 2. The van der Waals surface area contributed by atoms with Gasteiger partial charge in [-0.3, -0.25) is 4.79 Å². The number of carbonyl (C=O) groups excluding carboxylic acids is 1. The molecule has 0 aromatic carbocycles. The molecule has 1 saturated heterocycles. The van der Waals surface area contributed by atoms with Crippen molar-refractivity contribution in [3.05, 3.63) is 0 Å². The lowest BCUT2D eigenvalue weighted by Gasteiger charge is -2.29. The summed E-state index contributed by atoms with van der Waals surface area (Å²) < 4.78 is 0. The summed E-state index contributed by atoms with van der Waals surface area (Å²) >= 11 is 0. The molecule has 1 amide bonds. The largest absolute Gasteiger partial charge is 0.352 e. The Hall–Kier alpha value is -0.570. The van der Waals surface area contributed by atoms with E-state index in [0.717, 1.165) is 19.4 Å². The third kappa shape index (κ3) is 2.76. The SMILES string of the molecule is CC1CCC(NC(=O)C2CCCC2C)CN1. The third-order valence-electron chi connectivity index (χ3n) is 4.21. The van der Waals surface area contributed by atoms with Crippen LogP contribution in [0.25, 0.3) is 0 Å². The number of piperidine rings is 1. The molecule has 0 aromatic rings. The van der Waals surface area contributed by atoms with Crippen LogP contribution in [0.1, 0.15) is 46.0 Å². The topological polar surface area (TPSA) is 41.1 Å². The summed E-state index contributed by atoms with van der Waals surface area (Å²) in [6.07, 6.45) is 5.83. The summed E-state index contributed by atoms with van der Waals surface area (Å²) in [5, 5.41) is 6.63. The van der Waals surface area contributed by atoms with Crippen molar-refractivity contribution in [3.8, 4) is 0 Å². The van der Waals surface area contributed by atoms with E-state index in [9.17, 15) is 4.79 Å². The van der Waals surface area contributed by atoms with Gasteiger partial charge in [0, 0.05) is 24.5 Å². The van der Waals surface area contributed by atoms with Crippen LogP contribution in [0.3, 0.4) is 0 Å². The van der Waals surface area contributed by atoms with Crippen molar-refractivity contribution in [2.24, 2.45) is 11.8 Å². The molecule has 2 rings (SSSR count). The summed E-state index contributed by atoms with van der Waals surface area (Å²) in [5.74, 6) is 1.15. The van der Waals surface area contributed by atoms with Crippen LogP contribution in [0.15, 0.2) is 0 Å². The summed E-state index contributed by atoms with van der Waals surface area (Å²) in [6.45, 7) is 5.35. The van der Waals surface area contributed by atoms with Crippen LogP contribution in [-0.2, 0) is 4.79 Å². The number of carbonyl (C=O) groups is 1. The highest BCUT2D eigenvalue weighted by Gasteiger charge is 2.31. The summed E-state index contributed by atoms with van der Waals surface area (Å²) in [6, 6.07) is 0.968. The molecular formula is C13H24N2O. The van der Waals surface area contributed by atoms with Crippen LogP contribution in [0.4, 0.5) is 0 Å². The molecule has 0 aromatic heterocycles. The minimum atomic E-state index is 0.277. The quantitative estimate of drug-likeness (QED) is 0.749. The first-order valence-electron chi connectivity index (χ1n) is 6.70. The molecule has 0 spiro atoms. The molecule has 2 aliphatic rings. The standard InChI is InChI=1S/C13H24N2O/c1-9-4-3-5-12(9)13(16)15-11-7-6-10(2)14-8-11/h9-12,14H,3-8H2,1-2H3,(H,15,16). The Bertz CT molecular complexity index is 246. The minimum Gasteiger partial charge on any atom is -0.352 e. The normalized spacial score (nSPS) is 39.6. The fourth-order valence-corrected chi connectivity index (χ4v) is 2.97. The van der Waals surface area contributed by atoms with Gasteiger partial charge < -0.3 is 10.6 Å². The monoisotopic (exact) mass is 224 g/mol. The Morgan fingerprint density at radius 1 is 1.19 bits per heavy atom. The Kier molecular flexibility index (Phi) is 3.85. The molecular weight excluding hydrogens is 200 g/mol. The van der Waals surface area contributed by atoms with Gasteiger partial charge in [-0.2, -0.15) is 0 Å². The average molecular weight is 224 g/mol. The van der Waals surface area contributed by atoms with E-state index in [1.54, 1.807) is 0 Å². The first-order valence-corrected chi connectivity index (χ1v) is 6.70. The van der Waals surface area contributed by atoms with E-state index in [-0.39, 0.29) is 5.92 Å². The van der Waals surface area contributed by atoms with Crippen LogP contribution in [0.5, 0.6) is 0 Å². The van der Waals surface area contributed by atoms with Crippen LogP contribution < -0.4 is 10.6 Å². The molecule has 3 nitrogen and oxygen atoms in total. The Morgan fingerprint density at radius 3 is 2.56 bits per heavy atom. The second kappa shape index (κ2) is 5.17. The summed E-state index contributed by atoms with van der Waals surface area (Å²) in [5.41, 5.74) is 0. The second-order valence-corrected chi connectivity index (χ2v) is 5.61. The highest BCUT2D eigenvalue weighted by molar-refractivity contribution is 5.79.